The molecule has 1 atom stereocenters. The van der Waals surface area contributed by atoms with Gasteiger partial charge in [-0.1, -0.05) is 0 Å². The molecule has 0 radical (unpaired) electrons. The van der Waals surface area contributed by atoms with Crippen molar-refractivity contribution in [3.8, 4) is 0 Å². The van der Waals surface area contributed by atoms with E-state index in [2.05, 4.69) is 16.3 Å². The summed E-state index contributed by atoms with van der Waals surface area (Å²) in [5.74, 6) is 1.73. The van der Waals surface area contributed by atoms with Crippen LogP contribution in [-0.4, -0.2) is 44.8 Å². The highest BCUT2D eigenvalue weighted by atomic mass is 16.5. The van der Waals surface area contributed by atoms with E-state index in [0.717, 1.165) is 38.5 Å². The van der Waals surface area contributed by atoms with Crippen molar-refractivity contribution in [3.05, 3.63) is 24.2 Å². The van der Waals surface area contributed by atoms with Crippen molar-refractivity contribution in [2.45, 2.75) is 19.4 Å². The molecule has 106 valence electrons. The summed E-state index contributed by atoms with van der Waals surface area (Å²) in [6, 6.07) is 4.04. The van der Waals surface area contributed by atoms with Crippen molar-refractivity contribution in [2.75, 3.05) is 39.9 Å². The van der Waals surface area contributed by atoms with E-state index in [1.807, 2.05) is 13.2 Å². The fraction of sp³-hybridized carbons (Fsp3) is 0.733. The van der Waals surface area contributed by atoms with Crippen LogP contribution in [0.25, 0.3) is 0 Å². The molecule has 2 aliphatic heterocycles. The van der Waals surface area contributed by atoms with Crippen LogP contribution in [0.3, 0.4) is 0 Å². The summed E-state index contributed by atoms with van der Waals surface area (Å²) >= 11 is 0. The molecule has 0 aromatic carbocycles. The standard InChI is InChI=1S/C15H24N2O2/c1-18-11-13-9-17(10-14-3-2-8-19-14)12-15(13)4-6-16-7-5-15/h2-3,8,13,16H,4-7,9-12H2,1H3. The quantitative estimate of drug-likeness (QED) is 0.898. The molecule has 0 saturated carbocycles. The normalized spacial score (nSPS) is 27.1. The minimum absolute atomic E-state index is 0.452. The average molecular weight is 264 g/mol. The van der Waals surface area contributed by atoms with Crippen molar-refractivity contribution < 1.29 is 9.15 Å². The number of ether oxygens (including phenoxy) is 1. The SMILES string of the molecule is COCC1CN(Cc2ccco2)CC12CCNCC2. The van der Waals surface area contributed by atoms with Gasteiger partial charge in [-0.25, -0.2) is 0 Å². The van der Waals surface area contributed by atoms with Crippen molar-refractivity contribution in [1.82, 2.24) is 10.2 Å². The topological polar surface area (TPSA) is 37.6 Å². The summed E-state index contributed by atoms with van der Waals surface area (Å²) in [5.41, 5.74) is 0.452. The first-order valence-corrected chi connectivity index (χ1v) is 7.27. The maximum Gasteiger partial charge on any atom is 0.117 e. The molecule has 4 nitrogen and oxygen atoms in total. The first-order valence-electron chi connectivity index (χ1n) is 7.27. The lowest BCUT2D eigenvalue weighted by Gasteiger charge is -2.38. The lowest BCUT2D eigenvalue weighted by Crippen LogP contribution is -2.43. The molecule has 1 unspecified atom stereocenters. The van der Waals surface area contributed by atoms with Crippen molar-refractivity contribution in [2.24, 2.45) is 11.3 Å². The Hall–Kier alpha value is -0.840. The van der Waals surface area contributed by atoms with Gasteiger partial charge in [0, 0.05) is 26.1 Å². The largest absolute Gasteiger partial charge is 0.468 e. The van der Waals surface area contributed by atoms with Gasteiger partial charge in [0.05, 0.1) is 19.4 Å². The first-order chi connectivity index (χ1) is 9.32. The highest BCUT2D eigenvalue weighted by Crippen LogP contribution is 2.43. The third-order valence-corrected chi connectivity index (χ3v) is 4.81. The average Bonchev–Trinajstić information content (AvgIpc) is 3.02. The maximum atomic E-state index is 5.48. The minimum Gasteiger partial charge on any atom is -0.468 e. The maximum absolute atomic E-state index is 5.48. The van der Waals surface area contributed by atoms with Crippen molar-refractivity contribution in [1.29, 1.82) is 0 Å². The molecule has 4 heteroatoms. The third-order valence-electron chi connectivity index (χ3n) is 4.81. The van der Waals surface area contributed by atoms with Crippen LogP contribution in [-0.2, 0) is 11.3 Å². The Morgan fingerprint density at radius 1 is 1.47 bits per heavy atom. The smallest absolute Gasteiger partial charge is 0.117 e. The van der Waals surface area contributed by atoms with Crippen LogP contribution in [0.2, 0.25) is 0 Å². The number of nitrogens with one attached hydrogen (secondary N) is 1. The lowest BCUT2D eigenvalue weighted by atomic mass is 9.71. The number of likely N-dealkylation sites (tertiary alicyclic amines) is 1. The molecule has 3 rings (SSSR count). The highest BCUT2D eigenvalue weighted by molar-refractivity contribution is 5.03. The molecule has 2 saturated heterocycles. The number of methoxy groups -OCH3 is 1. The van der Waals surface area contributed by atoms with Crippen LogP contribution < -0.4 is 5.32 Å². The molecule has 1 aromatic heterocycles. The van der Waals surface area contributed by atoms with Crippen LogP contribution in [0, 0.1) is 11.3 Å². The van der Waals surface area contributed by atoms with Gasteiger partial charge in [0.25, 0.3) is 0 Å². The number of piperidine rings is 1. The van der Waals surface area contributed by atoms with Crippen LogP contribution in [0.4, 0.5) is 0 Å². The second-order valence-corrected chi connectivity index (χ2v) is 6.01. The van der Waals surface area contributed by atoms with Crippen molar-refractivity contribution >= 4 is 0 Å². The number of hydrogen-bond donors (Lipinski definition) is 1. The monoisotopic (exact) mass is 264 g/mol. The van der Waals surface area contributed by atoms with E-state index >= 15 is 0 Å². The molecule has 2 fully saturated rings. The fourth-order valence-corrected chi connectivity index (χ4v) is 3.81. The summed E-state index contributed by atoms with van der Waals surface area (Å²) in [5, 5.41) is 3.48. The number of hydrogen-bond acceptors (Lipinski definition) is 4. The second kappa shape index (κ2) is 5.65. The van der Waals surface area contributed by atoms with Crippen LogP contribution in [0.1, 0.15) is 18.6 Å². The zero-order valence-electron chi connectivity index (χ0n) is 11.7. The summed E-state index contributed by atoms with van der Waals surface area (Å²) < 4.78 is 10.9. The Balaban J connectivity index is 1.69. The molecular weight excluding hydrogens is 240 g/mol. The van der Waals surface area contributed by atoms with Gasteiger partial charge >= 0.3 is 0 Å². The Labute approximate surface area is 115 Å². The molecule has 0 bridgehead atoms. The highest BCUT2D eigenvalue weighted by Gasteiger charge is 2.46. The summed E-state index contributed by atoms with van der Waals surface area (Å²) in [6.45, 7) is 6.43. The predicted molar refractivity (Wildman–Crippen MR) is 73.9 cm³/mol. The van der Waals surface area contributed by atoms with Crippen molar-refractivity contribution in [3.63, 3.8) is 0 Å². The summed E-state index contributed by atoms with van der Waals surface area (Å²) in [6.07, 6.45) is 4.31. The van der Waals surface area contributed by atoms with Gasteiger partial charge in [0.2, 0.25) is 0 Å². The molecule has 1 spiro atoms. The fourth-order valence-electron chi connectivity index (χ4n) is 3.81. The molecule has 1 aromatic rings. The van der Waals surface area contributed by atoms with Crippen LogP contribution >= 0.6 is 0 Å². The molecule has 1 N–H and O–H groups in total. The predicted octanol–water partition coefficient (Wildman–Crippen LogP) is 1.73. The van der Waals surface area contributed by atoms with E-state index in [-0.39, 0.29) is 0 Å². The van der Waals surface area contributed by atoms with E-state index in [0.29, 0.717) is 11.3 Å². The lowest BCUT2D eigenvalue weighted by molar-refractivity contribution is 0.0716. The van der Waals surface area contributed by atoms with Gasteiger partial charge in [-0.15, -0.1) is 0 Å². The Morgan fingerprint density at radius 2 is 2.32 bits per heavy atom. The van der Waals surface area contributed by atoms with E-state index in [9.17, 15) is 0 Å². The van der Waals surface area contributed by atoms with E-state index in [1.54, 1.807) is 6.26 Å². The molecular formula is C15H24N2O2. The Kier molecular flexibility index (Phi) is 3.91. The third kappa shape index (κ3) is 2.71. The Morgan fingerprint density at radius 3 is 3.00 bits per heavy atom. The first kappa shape index (κ1) is 13.2. The minimum atomic E-state index is 0.452. The molecule has 19 heavy (non-hydrogen) atoms. The zero-order chi connectivity index (χ0) is 13.1. The Bertz CT molecular complexity index is 385. The molecule has 0 amide bonds. The van der Waals surface area contributed by atoms with Crippen LogP contribution in [0.5, 0.6) is 0 Å². The summed E-state index contributed by atoms with van der Waals surface area (Å²) in [7, 11) is 1.82. The number of nitrogens with zero attached hydrogens (tertiary/aromatic N) is 1. The van der Waals surface area contributed by atoms with Gasteiger partial charge < -0.3 is 14.5 Å². The van der Waals surface area contributed by atoms with E-state index in [1.165, 1.54) is 19.4 Å². The number of furan rings is 1. The zero-order valence-corrected chi connectivity index (χ0v) is 11.7. The molecule has 0 aliphatic carbocycles. The molecule has 2 aliphatic rings. The second-order valence-electron chi connectivity index (χ2n) is 6.01. The number of rotatable bonds is 4. The van der Waals surface area contributed by atoms with Gasteiger partial charge in [-0.2, -0.15) is 0 Å². The van der Waals surface area contributed by atoms with Gasteiger partial charge in [-0.3, -0.25) is 4.90 Å². The van der Waals surface area contributed by atoms with E-state index < -0.39 is 0 Å². The van der Waals surface area contributed by atoms with Crippen LogP contribution in [0.15, 0.2) is 22.8 Å². The summed E-state index contributed by atoms with van der Waals surface area (Å²) in [4.78, 5) is 2.54. The van der Waals surface area contributed by atoms with Gasteiger partial charge in [0.15, 0.2) is 0 Å². The van der Waals surface area contributed by atoms with Gasteiger partial charge in [0.1, 0.15) is 5.76 Å². The van der Waals surface area contributed by atoms with Gasteiger partial charge in [-0.05, 0) is 43.5 Å². The molecule has 3 heterocycles. The van der Waals surface area contributed by atoms with E-state index in [4.69, 9.17) is 9.15 Å².